The third kappa shape index (κ3) is 30.3. The standard InChI is InChI=1S/C40H76N6O4/c1-39(35-41,29-27-37(47)49-33-25-21-17-13-9-11-15-19-23-31-45(3,4)5)43-44-40(2,36-42)30-28-38(48)50-34-26-22-18-14-10-12-16-20-24-32-46(6,7)8/h9-34H2,1-8H3/q+2. The fourth-order valence-electron chi connectivity index (χ4n) is 5.54. The van der Waals surface area contributed by atoms with E-state index in [1.54, 1.807) is 13.8 Å². The number of ether oxygens (including phenoxy) is 2. The van der Waals surface area contributed by atoms with Gasteiger partial charge >= 0.3 is 11.9 Å². The van der Waals surface area contributed by atoms with Crippen molar-refractivity contribution in [2.45, 2.75) is 166 Å². The zero-order valence-corrected chi connectivity index (χ0v) is 33.7. The van der Waals surface area contributed by atoms with Gasteiger partial charge in [0.1, 0.15) is 0 Å². The van der Waals surface area contributed by atoms with Crippen LogP contribution in [0.5, 0.6) is 0 Å². The maximum absolute atomic E-state index is 12.3. The number of rotatable bonds is 32. The number of unbranched alkanes of at least 4 members (excludes halogenated alkanes) is 16. The Labute approximate surface area is 307 Å². The molecule has 0 aliphatic carbocycles. The number of carbonyl (C=O) groups is 2. The molecule has 288 valence electrons. The molecule has 2 atom stereocenters. The van der Waals surface area contributed by atoms with Crippen molar-refractivity contribution < 1.29 is 28.0 Å². The average molecular weight is 705 g/mol. The second-order valence-corrected chi connectivity index (χ2v) is 16.8. The van der Waals surface area contributed by atoms with Crippen LogP contribution in [-0.4, -0.2) is 101 Å². The van der Waals surface area contributed by atoms with Gasteiger partial charge in [-0.1, -0.05) is 77.0 Å². The van der Waals surface area contributed by atoms with E-state index in [2.05, 4.69) is 64.7 Å². The van der Waals surface area contributed by atoms with Crippen LogP contribution < -0.4 is 0 Å². The van der Waals surface area contributed by atoms with Gasteiger partial charge in [-0.25, -0.2) is 0 Å². The van der Waals surface area contributed by atoms with E-state index in [4.69, 9.17) is 9.47 Å². The van der Waals surface area contributed by atoms with E-state index >= 15 is 0 Å². The molecule has 0 aromatic carbocycles. The summed E-state index contributed by atoms with van der Waals surface area (Å²) in [5.74, 6) is -0.717. The number of carbonyl (C=O) groups excluding carboxylic acids is 2. The molecule has 0 aromatic rings. The van der Waals surface area contributed by atoms with Gasteiger partial charge in [-0.05, 0) is 65.2 Å². The highest BCUT2D eigenvalue weighted by atomic mass is 16.5. The lowest BCUT2D eigenvalue weighted by molar-refractivity contribution is -0.870. The molecule has 0 rings (SSSR count). The fourth-order valence-corrected chi connectivity index (χ4v) is 5.54. The minimum absolute atomic E-state index is 0.0455. The van der Waals surface area contributed by atoms with Crippen molar-refractivity contribution in [1.82, 2.24) is 0 Å². The van der Waals surface area contributed by atoms with Crippen molar-refractivity contribution in [2.75, 3.05) is 68.6 Å². The Bertz CT molecular complexity index is 943. The maximum atomic E-state index is 12.3. The molecule has 50 heavy (non-hydrogen) atoms. The van der Waals surface area contributed by atoms with Gasteiger partial charge < -0.3 is 18.4 Å². The first-order valence-electron chi connectivity index (χ1n) is 19.7. The number of esters is 2. The molecule has 0 saturated heterocycles. The third-order valence-electron chi connectivity index (χ3n) is 9.08. The molecule has 10 nitrogen and oxygen atoms in total. The van der Waals surface area contributed by atoms with Crippen LogP contribution in [0.4, 0.5) is 0 Å². The SMILES string of the molecule is CC(C#N)(CCC(=O)OCCCCCCCCCCC[N+](C)(C)C)N=NC(C)(C#N)CCC(=O)OCCCCCCCCCCC[N+](C)(C)C. The fraction of sp³-hybridized carbons (Fsp3) is 0.900. The van der Waals surface area contributed by atoms with Crippen LogP contribution in [0, 0.1) is 22.7 Å². The lowest BCUT2D eigenvalue weighted by Crippen LogP contribution is -2.35. The van der Waals surface area contributed by atoms with E-state index < -0.39 is 11.1 Å². The normalized spacial score (nSPS) is 14.4. The molecule has 0 aliphatic heterocycles. The summed E-state index contributed by atoms with van der Waals surface area (Å²) in [6.07, 6.45) is 21.8. The van der Waals surface area contributed by atoms with Crippen molar-refractivity contribution in [3.8, 4) is 12.1 Å². The van der Waals surface area contributed by atoms with Gasteiger partial charge in [0, 0.05) is 12.8 Å². The monoisotopic (exact) mass is 705 g/mol. The number of nitriles is 2. The van der Waals surface area contributed by atoms with Crippen LogP contribution in [0.15, 0.2) is 10.2 Å². The summed E-state index contributed by atoms with van der Waals surface area (Å²) in [4.78, 5) is 24.6. The molecular weight excluding hydrogens is 628 g/mol. The van der Waals surface area contributed by atoms with E-state index in [9.17, 15) is 20.1 Å². The van der Waals surface area contributed by atoms with E-state index in [-0.39, 0.29) is 37.6 Å². The molecule has 0 fully saturated rings. The largest absolute Gasteiger partial charge is 0.466 e. The number of hydrogen-bond donors (Lipinski definition) is 0. The maximum Gasteiger partial charge on any atom is 0.305 e. The van der Waals surface area contributed by atoms with Crippen molar-refractivity contribution in [3.05, 3.63) is 0 Å². The molecule has 2 unspecified atom stereocenters. The first-order valence-corrected chi connectivity index (χ1v) is 19.7. The highest BCUT2D eigenvalue weighted by Crippen LogP contribution is 2.24. The van der Waals surface area contributed by atoms with Crippen LogP contribution in [-0.2, 0) is 19.1 Å². The van der Waals surface area contributed by atoms with Gasteiger partial charge in [0.05, 0.1) is 80.7 Å². The Balaban J connectivity index is 4.10. The van der Waals surface area contributed by atoms with Crippen molar-refractivity contribution in [1.29, 1.82) is 10.5 Å². The number of azo groups is 1. The minimum Gasteiger partial charge on any atom is -0.466 e. The van der Waals surface area contributed by atoms with Crippen LogP contribution in [0.25, 0.3) is 0 Å². The van der Waals surface area contributed by atoms with Crippen LogP contribution in [0.2, 0.25) is 0 Å². The molecule has 0 bridgehead atoms. The lowest BCUT2D eigenvalue weighted by Gasteiger charge is -2.23. The molecular formula is C40H76N6O4+2. The predicted molar refractivity (Wildman–Crippen MR) is 202 cm³/mol. The molecule has 0 aliphatic rings. The number of hydrogen-bond acceptors (Lipinski definition) is 8. The van der Waals surface area contributed by atoms with Crippen molar-refractivity contribution in [3.63, 3.8) is 0 Å². The Kier molecular flexibility index (Phi) is 25.8. The second-order valence-electron chi connectivity index (χ2n) is 16.8. The topological polar surface area (TPSA) is 125 Å². The predicted octanol–water partition coefficient (Wildman–Crippen LogP) is 9.08. The van der Waals surface area contributed by atoms with Gasteiger partial charge in [-0.15, -0.1) is 0 Å². The van der Waals surface area contributed by atoms with E-state index in [0.29, 0.717) is 13.2 Å². The first kappa shape index (κ1) is 47.4. The zero-order valence-electron chi connectivity index (χ0n) is 33.7. The second kappa shape index (κ2) is 27.1. The van der Waals surface area contributed by atoms with Gasteiger partial charge in [-0.2, -0.15) is 20.8 Å². The molecule has 0 heterocycles. The summed E-state index contributed by atoms with van der Waals surface area (Å²) in [6.45, 7) is 6.42. The highest BCUT2D eigenvalue weighted by molar-refractivity contribution is 5.69. The first-order chi connectivity index (χ1) is 23.5. The van der Waals surface area contributed by atoms with Crippen molar-refractivity contribution in [2.24, 2.45) is 10.2 Å². The Morgan fingerprint density at radius 3 is 1.02 bits per heavy atom. The molecule has 0 saturated carbocycles. The molecule has 0 amide bonds. The van der Waals surface area contributed by atoms with E-state index in [1.165, 1.54) is 90.1 Å². The van der Waals surface area contributed by atoms with Gasteiger partial charge in [0.25, 0.3) is 0 Å². The van der Waals surface area contributed by atoms with Crippen LogP contribution >= 0.6 is 0 Å². The smallest absolute Gasteiger partial charge is 0.305 e. The summed E-state index contributed by atoms with van der Waals surface area (Å²) in [5.41, 5.74) is -2.54. The summed E-state index contributed by atoms with van der Waals surface area (Å²) < 4.78 is 12.8. The summed E-state index contributed by atoms with van der Waals surface area (Å²) in [7, 11) is 13.4. The Morgan fingerprint density at radius 1 is 0.500 bits per heavy atom. The van der Waals surface area contributed by atoms with Gasteiger partial charge in [0.2, 0.25) is 0 Å². The zero-order chi connectivity index (χ0) is 37.8. The van der Waals surface area contributed by atoms with Gasteiger partial charge in [-0.3, -0.25) is 9.59 Å². The number of nitrogens with zero attached hydrogens (tertiary/aromatic N) is 6. The van der Waals surface area contributed by atoms with E-state index in [0.717, 1.165) is 47.5 Å². The molecule has 0 spiro atoms. The van der Waals surface area contributed by atoms with Crippen LogP contribution in [0.1, 0.15) is 155 Å². The lowest BCUT2D eigenvalue weighted by atomic mass is 9.97. The Hall–Kier alpha value is -2.56. The minimum atomic E-state index is -1.27. The summed E-state index contributed by atoms with van der Waals surface area (Å²) >= 11 is 0. The van der Waals surface area contributed by atoms with Crippen LogP contribution in [0.3, 0.4) is 0 Å². The van der Waals surface area contributed by atoms with Gasteiger partial charge in [0.15, 0.2) is 11.1 Å². The quantitative estimate of drug-likeness (QED) is 0.0298. The summed E-state index contributed by atoms with van der Waals surface area (Å²) in [6, 6.07) is 4.22. The molecule has 10 heteroatoms. The molecule has 0 aromatic heterocycles. The molecule has 0 N–H and O–H groups in total. The molecule has 0 radical (unpaired) electrons. The summed E-state index contributed by atoms with van der Waals surface area (Å²) in [5, 5.41) is 27.8. The highest BCUT2D eigenvalue weighted by Gasteiger charge is 2.30. The average Bonchev–Trinajstić information content (AvgIpc) is 3.05. The Morgan fingerprint density at radius 2 is 0.760 bits per heavy atom. The van der Waals surface area contributed by atoms with E-state index in [1.807, 2.05) is 0 Å². The van der Waals surface area contributed by atoms with Crippen molar-refractivity contribution >= 4 is 11.9 Å². The number of quaternary nitrogens is 2. The third-order valence-corrected chi connectivity index (χ3v) is 9.08.